The first-order valence-corrected chi connectivity index (χ1v) is 16.3. The smallest absolute Gasteiger partial charge is 0.244 e. The molecule has 3 amide bonds. The van der Waals surface area contributed by atoms with Crippen LogP contribution in [0.1, 0.15) is 88.0 Å². The number of hydrogen-bond donors (Lipinski definition) is 3. The summed E-state index contributed by atoms with van der Waals surface area (Å²) in [4.78, 5) is 44.7. The van der Waals surface area contributed by atoms with Gasteiger partial charge in [-0.25, -0.2) is 0 Å². The summed E-state index contributed by atoms with van der Waals surface area (Å²) >= 11 is 1.65. The highest BCUT2D eigenvalue weighted by Gasteiger charge is 2.77. The number of carbonyl (C=O) groups excluding carboxylic acids is 3. The lowest BCUT2D eigenvalue weighted by Crippen LogP contribution is -2.61. The second-order valence-electron chi connectivity index (χ2n) is 14.7. The Kier molecular flexibility index (Phi) is 9.08. The number of aliphatic hydroxyl groups is 1. The minimum absolute atomic E-state index is 0.00870. The van der Waals surface area contributed by atoms with Crippen LogP contribution in [0, 0.1) is 23.2 Å². The van der Waals surface area contributed by atoms with Crippen LogP contribution in [0.4, 0.5) is 5.69 Å². The summed E-state index contributed by atoms with van der Waals surface area (Å²) in [6.07, 6.45) is 2.92. The van der Waals surface area contributed by atoms with Crippen LogP contribution in [0.5, 0.6) is 5.75 Å². The first kappa shape index (κ1) is 32.6. The molecule has 0 radical (unpaired) electrons. The Morgan fingerprint density at radius 2 is 1.76 bits per heavy atom. The fourth-order valence-electron chi connectivity index (χ4n) is 8.03. The van der Waals surface area contributed by atoms with Crippen molar-refractivity contribution in [1.29, 1.82) is 0 Å². The molecule has 2 unspecified atom stereocenters. The average molecular weight is 602 g/mol. The van der Waals surface area contributed by atoms with Gasteiger partial charge in [0, 0.05) is 16.0 Å². The Morgan fingerprint density at radius 1 is 1.12 bits per heavy atom. The molecule has 42 heavy (non-hydrogen) atoms. The summed E-state index contributed by atoms with van der Waals surface area (Å²) in [6.45, 7) is 18.9. The first-order chi connectivity index (χ1) is 19.5. The fourth-order valence-corrected chi connectivity index (χ4v) is 10.4. The molecule has 4 rings (SSSR count). The van der Waals surface area contributed by atoms with Crippen molar-refractivity contribution in [3.8, 4) is 5.75 Å². The van der Waals surface area contributed by atoms with Gasteiger partial charge in [0.1, 0.15) is 11.8 Å². The van der Waals surface area contributed by atoms with Gasteiger partial charge in [0.15, 0.2) is 0 Å². The highest BCUT2D eigenvalue weighted by molar-refractivity contribution is 8.02. The van der Waals surface area contributed by atoms with Crippen molar-refractivity contribution in [3.63, 3.8) is 0 Å². The molecule has 9 heteroatoms. The molecule has 0 aromatic heterocycles. The van der Waals surface area contributed by atoms with Crippen molar-refractivity contribution in [2.24, 2.45) is 23.2 Å². The summed E-state index contributed by atoms with van der Waals surface area (Å²) < 4.78 is 4.32. The van der Waals surface area contributed by atoms with Gasteiger partial charge >= 0.3 is 0 Å². The van der Waals surface area contributed by atoms with Gasteiger partial charge in [-0.05, 0) is 82.6 Å². The van der Waals surface area contributed by atoms with E-state index in [1.165, 1.54) is 0 Å². The number of amides is 3. The number of ether oxygens (including phenoxy) is 1. The Labute approximate surface area is 256 Å². The molecular weight excluding hydrogens is 550 g/mol. The molecule has 8 nitrogen and oxygen atoms in total. The van der Waals surface area contributed by atoms with E-state index in [2.05, 4.69) is 38.3 Å². The van der Waals surface area contributed by atoms with Gasteiger partial charge < -0.3 is 25.4 Å². The van der Waals surface area contributed by atoms with E-state index in [9.17, 15) is 19.5 Å². The number of carbonyl (C=O) groups is 3. The zero-order valence-corrected chi connectivity index (χ0v) is 27.7. The first-order valence-electron chi connectivity index (χ1n) is 15.5. The fraction of sp³-hybridized carbons (Fsp3) is 0.727. The van der Waals surface area contributed by atoms with Crippen LogP contribution in [0.2, 0.25) is 0 Å². The van der Waals surface area contributed by atoms with Crippen molar-refractivity contribution in [1.82, 2.24) is 10.2 Å². The third-order valence-electron chi connectivity index (χ3n) is 9.46. The molecule has 234 valence electrons. The van der Waals surface area contributed by atoms with Gasteiger partial charge in [-0.1, -0.05) is 41.0 Å². The summed E-state index contributed by atoms with van der Waals surface area (Å²) in [5.74, 6) is -1.12. The van der Waals surface area contributed by atoms with Gasteiger partial charge in [-0.15, -0.1) is 11.8 Å². The number of anilines is 1. The van der Waals surface area contributed by atoms with Crippen LogP contribution in [-0.4, -0.2) is 68.1 Å². The summed E-state index contributed by atoms with van der Waals surface area (Å²) in [7, 11) is 0. The van der Waals surface area contributed by atoms with Gasteiger partial charge in [-0.2, -0.15) is 0 Å². The molecule has 3 N–H and O–H groups in total. The van der Waals surface area contributed by atoms with Crippen LogP contribution in [0.25, 0.3) is 0 Å². The lowest BCUT2D eigenvalue weighted by atomic mass is 9.66. The monoisotopic (exact) mass is 601 g/mol. The summed E-state index contributed by atoms with van der Waals surface area (Å²) in [6, 6.07) is 5.97. The number of thioether (sulfide) groups is 1. The minimum atomic E-state index is -0.768. The van der Waals surface area contributed by atoms with Crippen molar-refractivity contribution in [3.05, 3.63) is 24.3 Å². The second kappa shape index (κ2) is 11.7. The summed E-state index contributed by atoms with van der Waals surface area (Å²) in [5.41, 5.74) is 0.132. The van der Waals surface area contributed by atoms with Crippen molar-refractivity contribution in [2.75, 3.05) is 18.5 Å². The third-order valence-corrected chi connectivity index (χ3v) is 11.4. The normalized spacial score (nSPS) is 30.2. The van der Waals surface area contributed by atoms with Crippen LogP contribution in [0.3, 0.4) is 0 Å². The zero-order valence-electron chi connectivity index (χ0n) is 26.9. The zero-order chi connectivity index (χ0) is 31.3. The second-order valence-corrected chi connectivity index (χ2v) is 16.6. The topological polar surface area (TPSA) is 108 Å². The number of likely N-dealkylation sites (tertiary alicyclic amines) is 1. The highest BCUT2D eigenvalue weighted by atomic mass is 32.2. The molecule has 0 saturated carbocycles. The van der Waals surface area contributed by atoms with Gasteiger partial charge in [0.2, 0.25) is 17.7 Å². The molecule has 2 bridgehead atoms. The molecule has 3 heterocycles. The maximum Gasteiger partial charge on any atom is 0.244 e. The predicted octanol–water partition coefficient (Wildman–Crippen LogP) is 5.24. The van der Waals surface area contributed by atoms with Crippen LogP contribution < -0.4 is 15.4 Å². The Hall–Kier alpha value is -2.26. The van der Waals surface area contributed by atoms with E-state index in [4.69, 9.17) is 4.74 Å². The van der Waals surface area contributed by atoms with Crippen LogP contribution in [-0.2, 0) is 14.4 Å². The molecule has 3 saturated heterocycles. The number of nitrogens with zero attached hydrogens (tertiary/aromatic N) is 1. The number of nitrogens with one attached hydrogen (secondary N) is 2. The minimum Gasteiger partial charge on any atom is -0.494 e. The maximum absolute atomic E-state index is 14.6. The molecule has 3 aliphatic heterocycles. The van der Waals surface area contributed by atoms with E-state index in [1.807, 2.05) is 58.9 Å². The van der Waals surface area contributed by atoms with Crippen molar-refractivity contribution in [2.45, 2.75) is 115 Å². The molecule has 1 spiro atoms. The molecule has 3 fully saturated rings. The number of hydrogen-bond acceptors (Lipinski definition) is 6. The standard InChI is InChI=1S/C33H51N3O5S/c1-10-20(3)23(18-37)36-26(28(39)35-31(7,8)19-30(4,5)6)33-17-16-32(9,42-33)24(25(33)29(36)40)27(38)34-21-12-14-22(15-13-21)41-11-2/h12-15,20,23-26,37H,10-11,16-19H2,1-9H3,(H,34,38)(H,35,39)/t20-,23-,24+,25-,26?,32-,33?/m0/s1. The molecular formula is C33H51N3O5S. The van der Waals surface area contributed by atoms with E-state index in [1.54, 1.807) is 16.7 Å². The summed E-state index contributed by atoms with van der Waals surface area (Å²) in [5, 5.41) is 16.9. The number of aliphatic hydroxyl groups excluding tert-OH is 1. The van der Waals surface area contributed by atoms with Crippen LogP contribution >= 0.6 is 11.8 Å². The van der Waals surface area contributed by atoms with E-state index >= 15 is 0 Å². The lowest BCUT2D eigenvalue weighted by molar-refractivity contribution is -0.144. The van der Waals surface area contributed by atoms with Gasteiger partial charge in [0.25, 0.3) is 0 Å². The Morgan fingerprint density at radius 3 is 2.31 bits per heavy atom. The maximum atomic E-state index is 14.6. The lowest BCUT2D eigenvalue weighted by Gasteiger charge is -2.41. The van der Waals surface area contributed by atoms with E-state index in [-0.39, 0.29) is 35.7 Å². The largest absolute Gasteiger partial charge is 0.494 e. The molecule has 0 aliphatic carbocycles. The highest BCUT2D eigenvalue weighted by Crippen LogP contribution is 2.71. The SMILES string of the molecule is CCOc1ccc(NC(=O)[C@H]2[C@H]3C(=O)N([C@@H](CO)[C@@H](C)CC)C(C(=O)NC(C)(C)CC(C)(C)C)C34CC[C@]2(C)S4)cc1. The number of fused-ring (bicyclic) bond motifs is 1. The van der Waals surface area contributed by atoms with E-state index < -0.39 is 39.0 Å². The van der Waals surface area contributed by atoms with Crippen molar-refractivity contribution < 1.29 is 24.2 Å². The number of benzene rings is 1. The van der Waals surface area contributed by atoms with E-state index in [0.717, 1.165) is 25.0 Å². The molecule has 1 aromatic rings. The molecule has 3 aliphatic rings. The Bertz CT molecular complexity index is 1180. The van der Waals surface area contributed by atoms with Gasteiger partial charge in [-0.3, -0.25) is 14.4 Å². The third kappa shape index (κ3) is 5.92. The quantitative estimate of drug-likeness (QED) is 0.320. The van der Waals surface area contributed by atoms with Gasteiger partial charge in [0.05, 0.1) is 35.8 Å². The Balaban J connectivity index is 1.72. The average Bonchev–Trinajstić information content (AvgIpc) is 3.45. The molecule has 1 aromatic carbocycles. The number of rotatable bonds is 11. The van der Waals surface area contributed by atoms with Crippen molar-refractivity contribution >= 4 is 35.2 Å². The van der Waals surface area contributed by atoms with E-state index in [0.29, 0.717) is 18.7 Å². The van der Waals surface area contributed by atoms with Crippen LogP contribution in [0.15, 0.2) is 24.3 Å². The predicted molar refractivity (Wildman–Crippen MR) is 168 cm³/mol. The molecule has 7 atom stereocenters.